The monoisotopic (exact) mass is 358 g/mol. The van der Waals surface area contributed by atoms with Crippen molar-refractivity contribution in [1.82, 2.24) is 10.6 Å². The number of halogens is 1. The minimum absolute atomic E-state index is 0.166. The largest absolute Gasteiger partial charge is 0.445 e. The number of amides is 1. The SMILES string of the molecule is C[C@@H](NC1CC(NC(=O)OCc2ccccc2)C1)c1ccccc1Cl. The third-order valence-corrected chi connectivity index (χ3v) is 4.87. The molecule has 1 fully saturated rings. The fraction of sp³-hybridized carbons (Fsp3) is 0.350. The fourth-order valence-electron chi connectivity index (χ4n) is 3.07. The van der Waals surface area contributed by atoms with E-state index in [-0.39, 0.29) is 18.2 Å². The molecule has 0 bridgehead atoms. The maximum atomic E-state index is 11.8. The number of hydrogen-bond donors (Lipinski definition) is 2. The van der Waals surface area contributed by atoms with Gasteiger partial charge in [-0.2, -0.15) is 0 Å². The van der Waals surface area contributed by atoms with Gasteiger partial charge in [0.25, 0.3) is 0 Å². The number of alkyl carbamates (subject to hydrolysis) is 1. The van der Waals surface area contributed by atoms with Crippen LogP contribution in [0.1, 0.15) is 36.9 Å². The van der Waals surface area contributed by atoms with Crippen LogP contribution in [-0.4, -0.2) is 18.2 Å². The summed E-state index contributed by atoms with van der Waals surface area (Å²) < 4.78 is 5.25. The van der Waals surface area contributed by atoms with E-state index in [9.17, 15) is 4.79 Å². The first-order chi connectivity index (χ1) is 12.1. The topological polar surface area (TPSA) is 50.4 Å². The molecule has 0 aliphatic heterocycles. The smallest absolute Gasteiger partial charge is 0.407 e. The van der Waals surface area contributed by atoms with Crippen LogP contribution in [-0.2, 0) is 11.3 Å². The van der Waals surface area contributed by atoms with Crippen LogP contribution in [0.2, 0.25) is 5.02 Å². The van der Waals surface area contributed by atoms with E-state index in [1.54, 1.807) is 0 Å². The highest BCUT2D eigenvalue weighted by atomic mass is 35.5. The zero-order valence-electron chi connectivity index (χ0n) is 14.2. The number of hydrogen-bond acceptors (Lipinski definition) is 3. The molecule has 0 radical (unpaired) electrons. The molecular formula is C20H23ClN2O2. The second-order valence-corrected chi connectivity index (χ2v) is 6.89. The standard InChI is InChI=1S/C20H23ClN2O2/c1-14(18-9-5-6-10-19(18)21)22-16-11-17(12-16)23-20(24)25-13-15-7-3-2-4-8-15/h2-10,14,16-17,22H,11-13H2,1H3,(H,23,24)/t14-,16?,17?/m1/s1. The first-order valence-electron chi connectivity index (χ1n) is 8.59. The Morgan fingerprint density at radius 2 is 1.80 bits per heavy atom. The molecular weight excluding hydrogens is 336 g/mol. The number of benzene rings is 2. The van der Waals surface area contributed by atoms with E-state index in [0.29, 0.717) is 12.6 Å². The Bertz CT molecular complexity index is 702. The van der Waals surface area contributed by atoms with Crippen molar-refractivity contribution in [2.45, 2.75) is 44.5 Å². The Labute approximate surface area is 153 Å². The molecule has 0 unspecified atom stereocenters. The van der Waals surface area contributed by atoms with Crippen LogP contribution >= 0.6 is 11.6 Å². The number of carbonyl (C=O) groups is 1. The summed E-state index contributed by atoms with van der Waals surface area (Å²) in [6, 6.07) is 18.3. The van der Waals surface area contributed by atoms with Crippen LogP contribution < -0.4 is 10.6 Å². The van der Waals surface area contributed by atoms with Crippen molar-refractivity contribution < 1.29 is 9.53 Å². The number of ether oxygens (including phenoxy) is 1. The minimum atomic E-state index is -0.355. The molecule has 4 nitrogen and oxygen atoms in total. The van der Waals surface area contributed by atoms with Gasteiger partial charge in [0.1, 0.15) is 6.61 Å². The second-order valence-electron chi connectivity index (χ2n) is 6.48. The lowest BCUT2D eigenvalue weighted by atomic mass is 9.86. The molecule has 1 amide bonds. The van der Waals surface area contributed by atoms with Gasteiger partial charge in [-0.15, -0.1) is 0 Å². The highest BCUT2D eigenvalue weighted by Gasteiger charge is 2.31. The third kappa shape index (κ3) is 4.97. The zero-order valence-corrected chi connectivity index (χ0v) is 15.0. The molecule has 0 spiro atoms. The molecule has 1 saturated carbocycles. The summed E-state index contributed by atoms with van der Waals surface area (Å²) in [7, 11) is 0. The lowest BCUT2D eigenvalue weighted by molar-refractivity contribution is 0.124. The molecule has 1 aliphatic carbocycles. The van der Waals surface area contributed by atoms with Gasteiger partial charge in [0.05, 0.1) is 0 Å². The van der Waals surface area contributed by atoms with Crippen molar-refractivity contribution in [3.8, 4) is 0 Å². The maximum Gasteiger partial charge on any atom is 0.407 e. The van der Waals surface area contributed by atoms with Crippen LogP contribution in [0.3, 0.4) is 0 Å². The predicted molar refractivity (Wildman–Crippen MR) is 99.6 cm³/mol. The molecule has 2 aromatic carbocycles. The molecule has 25 heavy (non-hydrogen) atoms. The van der Waals surface area contributed by atoms with Crippen LogP contribution in [0, 0.1) is 0 Å². The van der Waals surface area contributed by atoms with Crippen molar-refractivity contribution >= 4 is 17.7 Å². The Morgan fingerprint density at radius 3 is 2.52 bits per heavy atom. The van der Waals surface area contributed by atoms with Gasteiger partial charge in [0, 0.05) is 23.1 Å². The van der Waals surface area contributed by atoms with Gasteiger partial charge in [-0.25, -0.2) is 4.79 Å². The van der Waals surface area contributed by atoms with E-state index in [4.69, 9.17) is 16.3 Å². The summed E-state index contributed by atoms with van der Waals surface area (Å²) >= 11 is 6.23. The molecule has 3 rings (SSSR count). The molecule has 0 saturated heterocycles. The molecule has 5 heteroatoms. The van der Waals surface area contributed by atoms with Crippen LogP contribution in [0.4, 0.5) is 4.79 Å². The van der Waals surface area contributed by atoms with Crippen molar-refractivity contribution in [1.29, 1.82) is 0 Å². The van der Waals surface area contributed by atoms with Gasteiger partial charge in [-0.05, 0) is 37.0 Å². The van der Waals surface area contributed by atoms with E-state index in [1.807, 2.05) is 54.6 Å². The van der Waals surface area contributed by atoms with Crippen LogP contribution in [0.25, 0.3) is 0 Å². The van der Waals surface area contributed by atoms with Gasteiger partial charge in [0.2, 0.25) is 0 Å². The Balaban J connectivity index is 1.36. The molecule has 1 atom stereocenters. The summed E-state index contributed by atoms with van der Waals surface area (Å²) in [4.78, 5) is 11.8. The van der Waals surface area contributed by atoms with Crippen molar-refractivity contribution in [2.24, 2.45) is 0 Å². The molecule has 0 aromatic heterocycles. The van der Waals surface area contributed by atoms with Gasteiger partial charge in [0.15, 0.2) is 0 Å². The Hall–Kier alpha value is -2.04. The lowest BCUT2D eigenvalue weighted by Gasteiger charge is -2.38. The highest BCUT2D eigenvalue weighted by Crippen LogP contribution is 2.27. The van der Waals surface area contributed by atoms with Crippen LogP contribution in [0.15, 0.2) is 54.6 Å². The first kappa shape index (κ1) is 17.8. The Morgan fingerprint density at radius 1 is 1.12 bits per heavy atom. The highest BCUT2D eigenvalue weighted by molar-refractivity contribution is 6.31. The number of rotatable bonds is 6. The van der Waals surface area contributed by atoms with E-state index < -0.39 is 0 Å². The van der Waals surface area contributed by atoms with Gasteiger partial charge >= 0.3 is 6.09 Å². The van der Waals surface area contributed by atoms with Gasteiger partial charge < -0.3 is 15.4 Å². The maximum absolute atomic E-state index is 11.8. The lowest BCUT2D eigenvalue weighted by Crippen LogP contribution is -2.52. The molecule has 0 heterocycles. The first-order valence-corrected chi connectivity index (χ1v) is 8.97. The summed E-state index contributed by atoms with van der Waals surface area (Å²) in [5.41, 5.74) is 2.09. The summed E-state index contributed by atoms with van der Waals surface area (Å²) in [5.74, 6) is 0. The van der Waals surface area contributed by atoms with Gasteiger partial charge in [-0.3, -0.25) is 0 Å². The van der Waals surface area contributed by atoms with E-state index in [2.05, 4.69) is 17.6 Å². The van der Waals surface area contributed by atoms with E-state index in [1.165, 1.54) is 0 Å². The number of carbonyl (C=O) groups excluding carboxylic acids is 1. The summed E-state index contributed by atoms with van der Waals surface area (Å²) in [6.07, 6.45) is 1.44. The van der Waals surface area contributed by atoms with E-state index >= 15 is 0 Å². The minimum Gasteiger partial charge on any atom is -0.445 e. The van der Waals surface area contributed by atoms with Crippen LogP contribution in [0.5, 0.6) is 0 Å². The number of nitrogens with one attached hydrogen (secondary N) is 2. The summed E-state index contributed by atoms with van der Waals surface area (Å²) in [5, 5.41) is 7.25. The molecule has 1 aliphatic rings. The average Bonchev–Trinajstić information content (AvgIpc) is 2.59. The Kier molecular flexibility index (Phi) is 5.95. The summed E-state index contributed by atoms with van der Waals surface area (Å²) in [6.45, 7) is 2.40. The quantitative estimate of drug-likeness (QED) is 0.802. The fourth-order valence-corrected chi connectivity index (χ4v) is 3.37. The third-order valence-electron chi connectivity index (χ3n) is 4.53. The molecule has 2 aromatic rings. The predicted octanol–water partition coefficient (Wildman–Crippen LogP) is 4.45. The van der Waals surface area contributed by atoms with E-state index in [0.717, 1.165) is 29.0 Å². The van der Waals surface area contributed by atoms with Crippen molar-refractivity contribution in [3.63, 3.8) is 0 Å². The zero-order chi connectivity index (χ0) is 17.6. The molecule has 2 N–H and O–H groups in total. The second kappa shape index (κ2) is 8.37. The normalized spacial score (nSPS) is 20.4. The van der Waals surface area contributed by atoms with Crippen molar-refractivity contribution in [2.75, 3.05) is 0 Å². The van der Waals surface area contributed by atoms with Gasteiger partial charge in [-0.1, -0.05) is 60.1 Å². The van der Waals surface area contributed by atoms with Crippen molar-refractivity contribution in [3.05, 3.63) is 70.7 Å². The molecule has 132 valence electrons. The average molecular weight is 359 g/mol.